The van der Waals surface area contributed by atoms with E-state index in [1.54, 1.807) is 0 Å². The summed E-state index contributed by atoms with van der Waals surface area (Å²) >= 11 is -0.799. The molecule has 2 N–H and O–H groups in total. The fraction of sp³-hybridized carbons (Fsp3) is 0.500. The van der Waals surface area contributed by atoms with E-state index in [1.807, 2.05) is 0 Å². The molecule has 2 unspecified atom stereocenters. The first kappa shape index (κ1) is 7.68. The summed E-state index contributed by atoms with van der Waals surface area (Å²) in [6.07, 6.45) is 0. The van der Waals surface area contributed by atoms with Crippen LogP contribution in [0, 0.1) is 0 Å². The van der Waals surface area contributed by atoms with Gasteiger partial charge in [0, 0.05) is 0 Å². The van der Waals surface area contributed by atoms with E-state index in [2.05, 4.69) is 4.74 Å². The second-order valence-corrected chi connectivity index (χ2v) is 4.03. The Morgan fingerprint density at radius 2 is 1.60 bits per heavy atom. The molecule has 0 radical (unpaired) electrons. The molecule has 0 aromatic carbocycles. The van der Waals surface area contributed by atoms with Crippen LogP contribution in [0.4, 0.5) is 0 Å². The van der Waals surface area contributed by atoms with Crippen LogP contribution in [0.25, 0.3) is 0 Å². The van der Waals surface area contributed by atoms with E-state index in [9.17, 15) is 9.59 Å². The molecule has 0 spiro atoms. The van der Waals surface area contributed by atoms with E-state index in [0.29, 0.717) is 0 Å². The molecule has 1 aliphatic heterocycles. The van der Waals surface area contributed by atoms with Crippen molar-refractivity contribution in [2.24, 2.45) is 0 Å². The molecular weight excluding hydrogens is 207 g/mol. The van der Waals surface area contributed by atoms with E-state index in [0.717, 1.165) is 0 Å². The van der Waals surface area contributed by atoms with Gasteiger partial charge in [0.05, 0.1) is 0 Å². The topological polar surface area (TPSA) is 83.8 Å². The first-order chi connectivity index (χ1) is 4.61. The van der Waals surface area contributed by atoms with Crippen molar-refractivity contribution in [3.8, 4) is 0 Å². The van der Waals surface area contributed by atoms with Gasteiger partial charge in [0.25, 0.3) is 0 Å². The van der Waals surface area contributed by atoms with Gasteiger partial charge in [-0.2, -0.15) is 0 Å². The van der Waals surface area contributed by atoms with Crippen molar-refractivity contribution in [1.29, 1.82) is 0 Å². The van der Waals surface area contributed by atoms with Crippen LogP contribution in [0.2, 0.25) is 0 Å². The van der Waals surface area contributed by atoms with Crippen LogP contribution < -0.4 is 0 Å². The van der Waals surface area contributed by atoms with Gasteiger partial charge in [-0.25, -0.2) is 0 Å². The Bertz CT molecular complexity index is 160. The molecule has 1 aliphatic rings. The number of cyclic esters (lactones) is 2. The fourth-order valence-electron chi connectivity index (χ4n) is 0.433. The van der Waals surface area contributed by atoms with Gasteiger partial charge in [-0.3, -0.25) is 0 Å². The molecule has 1 fully saturated rings. The number of rotatable bonds is 0. The Morgan fingerprint density at radius 3 is 1.90 bits per heavy atom. The second kappa shape index (κ2) is 2.67. The standard InChI is InChI=1S/C4H4O5Se/c5-1-3(7)10-4(8)2(6)9-1/h3-4,7-8H. The summed E-state index contributed by atoms with van der Waals surface area (Å²) in [6.45, 7) is 0. The van der Waals surface area contributed by atoms with Crippen molar-refractivity contribution >= 4 is 26.9 Å². The molecule has 0 aliphatic carbocycles. The van der Waals surface area contributed by atoms with Gasteiger partial charge in [-0.05, 0) is 0 Å². The molecule has 1 rings (SSSR count). The third-order valence-electron chi connectivity index (χ3n) is 0.862. The van der Waals surface area contributed by atoms with Crippen LogP contribution in [-0.2, 0) is 14.3 Å². The minimum absolute atomic E-state index is 0.799. The summed E-state index contributed by atoms with van der Waals surface area (Å²) in [5.41, 5.74) is 0. The molecule has 0 amide bonds. The number of carbonyl (C=O) groups excluding carboxylic acids is 2. The Balaban J connectivity index is 2.63. The van der Waals surface area contributed by atoms with E-state index >= 15 is 0 Å². The summed E-state index contributed by atoms with van der Waals surface area (Å²) < 4.78 is 3.95. The predicted octanol–water partition coefficient (Wildman–Crippen LogP) is -2.59. The normalized spacial score (nSPS) is 33.8. The van der Waals surface area contributed by atoms with Gasteiger partial charge in [-0.1, -0.05) is 0 Å². The summed E-state index contributed by atoms with van der Waals surface area (Å²) in [5, 5.41) is 14.8. The van der Waals surface area contributed by atoms with Gasteiger partial charge in [0.1, 0.15) is 0 Å². The fourth-order valence-corrected chi connectivity index (χ4v) is 1.61. The molecule has 0 aromatic rings. The molecule has 56 valence electrons. The number of hydrogen-bond acceptors (Lipinski definition) is 5. The zero-order valence-electron chi connectivity index (χ0n) is 4.68. The summed E-state index contributed by atoms with van der Waals surface area (Å²) in [6, 6.07) is 0. The Labute approximate surface area is 62.1 Å². The maximum atomic E-state index is 10.4. The van der Waals surface area contributed by atoms with Crippen molar-refractivity contribution in [3.05, 3.63) is 0 Å². The molecule has 5 nitrogen and oxygen atoms in total. The first-order valence-corrected chi connectivity index (χ1v) is 4.36. The average molecular weight is 211 g/mol. The van der Waals surface area contributed by atoms with Crippen molar-refractivity contribution in [3.63, 3.8) is 0 Å². The van der Waals surface area contributed by atoms with Crippen LogP contribution >= 0.6 is 0 Å². The zero-order valence-corrected chi connectivity index (χ0v) is 6.40. The summed E-state index contributed by atoms with van der Waals surface area (Å²) in [7, 11) is 0. The molecule has 10 heavy (non-hydrogen) atoms. The number of esters is 2. The van der Waals surface area contributed by atoms with Crippen LogP contribution in [0.15, 0.2) is 0 Å². The third-order valence-corrected chi connectivity index (χ3v) is 2.75. The van der Waals surface area contributed by atoms with Gasteiger partial charge >= 0.3 is 61.4 Å². The van der Waals surface area contributed by atoms with Gasteiger partial charge in [0.2, 0.25) is 0 Å². The van der Waals surface area contributed by atoms with Crippen LogP contribution in [0.5, 0.6) is 0 Å². The van der Waals surface area contributed by atoms with Crippen molar-refractivity contribution in [2.45, 2.75) is 10.0 Å². The van der Waals surface area contributed by atoms with Gasteiger partial charge < -0.3 is 0 Å². The van der Waals surface area contributed by atoms with Crippen LogP contribution in [0.1, 0.15) is 0 Å². The molecule has 0 aromatic heterocycles. The molecule has 1 heterocycles. The molecule has 1 saturated heterocycles. The summed E-state index contributed by atoms with van der Waals surface area (Å²) in [5.74, 6) is -1.93. The molecule has 0 saturated carbocycles. The Morgan fingerprint density at radius 1 is 1.20 bits per heavy atom. The summed E-state index contributed by atoms with van der Waals surface area (Å²) in [4.78, 5) is 20.7. The maximum absolute atomic E-state index is 10.4. The van der Waals surface area contributed by atoms with E-state index in [4.69, 9.17) is 10.2 Å². The van der Waals surface area contributed by atoms with Gasteiger partial charge in [-0.15, -0.1) is 0 Å². The van der Waals surface area contributed by atoms with Crippen molar-refractivity contribution in [2.75, 3.05) is 0 Å². The van der Waals surface area contributed by atoms with E-state index in [-0.39, 0.29) is 0 Å². The molecule has 2 atom stereocenters. The molecule has 0 bridgehead atoms. The van der Waals surface area contributed by atoms with Crippen molar-refractivity contribution < 1.29 is 24.5 Å². The number of hydrogen-bond donors (Lipinski definition) is 2. The van der Waals surface area contributed by atoms with Gasteiger partial charge in [0.15, 0.2) is 0 Å². The third kappa shape index (κ3) is 1.35. The minimum atomic E-state index is -1.31. The molecular formula is C4H4O5Se. The Hall–Kier alpha value is -0.421. The number of aliphatic hydroxyl groups excluding tert-OH is 2. The van der Waals surface area contributed by atoms with Crippen molar-refractivity contribution in [1.82, 2.24) is 0 Å². The van der Waals surface area contributed by atoms with E-state index < -0.39 is 36.9 Å². The quantitative estimate of drug-likeness (QED) is 0.261. The number of carbonyl (C=O) groups is 2. The SMILES string of the molecule is O=C1OC(=O)C(O)[Se]C1O. The predicted molar refractivity (Wildman–Crippen MR) is 28.9 cm³/mol. The van der Waals surface area contributed by atoms with Crippen LogP contribution in [0.3, 0.4) is 0 Å². The number of ether oxygens (including phenoxy) is 1. The zero-order chi connectivity index (χ0) is 7.72. The van der Waals surface area contributed by atoms with Crippen LogP contribution in [-0.4, -0.2) is 47.1 Å². The number of aliphatic hydroxyl groups is 2. The first-order valence-electron chi connectivity index (χ1n) is 2.38. The Kier molecular flexibility index (Phi) is 2.05. The molecule has 6 heteroatoms. The average Bonchev–Trinajstić information content (AvgIpc) is 1.84. The van der Waals surface area contributed by atoms with E-state index in [1.165, 1.54) is 0 Å². The second-order valence-electron chi connectivity index (χ2n) is 1.58. The monoisotopic (exact) mass is 212 g/mol.